The van der Waals surface area contributed by atoms with Crippen LogP contribution in [0.2, 0.25) is 0 Å². The molecule has 7 rings (SSSR count). The molecule has 0 saturated carbocycles. The molecule has 0 spiro atoms. The van der Waals surface area contributed by atoms with Gasteiger partial charge in [-0.1, -0.05) is 122 Å². The van der Waals surface area contributed by atoms with E-state index in [4.69, 9.17) is 18.8 Å². The van der Waals surface area contributed by atoms with Gasteiger partial charge in [0.2, 0.25) is 0 Å². The van der Waals surface area contributed by atoms with Crippen LogP contribution in [0.3, 0.4) is 0 Å². The number of esters is 1. The summed E-state index contributed by atoms with van der Waals surface area (Å²) in [4.78, 5) is 12.6. The van der Waals surface area contributed by atoms with E-state index in [-0.39, 0.29) is 18.5 Å². The van der Waals surface area contributed by atoms with Gasteiger partial charge in [-0.05, 0) is 51.7 Å². The molecule has 3 aliphatic rings. The first-order valence-corrected chi connectivity index (χ1v) is 21.4. The summed E-state index contributed by atoms with van der Waals surface area (Å²) in [6.07, 6.45) is 0.797. The molecule has 0 amide bonds. The summed E-state index contributed by atoms with van der Waals surface area (Å²) in [5.74, 6) is 2.46. The number of hydrogen-bond donors (Lipinski definition) is 0. The third-order valence-electron chi connectivity index (χ3n) is 7.81. The van der Waals surface area contributed by atoms with Gasteiger partial charge >= 0.3 is 13.1 Å². The molecule has 4 aromatic carbocycles. The Morgan fingerprint density at radius 2 is 1.39 bits per heavy atom. The van der Waals surface area contributed by atoms with Gasteiger partial charge in [-0.2, -0.15) is 0 Å². The molecule has 0 atom stereocenters. The van der Waals surface area contributed by atoms with Gasteiger partial charge < -0.3 is 18.8 Å². The van der Waals surface area contributed by atoms with Crippen molar-refractivity contribution in [1.82, 2.24) is 0 Å². The first-order valence-electron chi connectivity index (χ1n) is 16.0. The molecule has 3 aliphatic heterocycles. The molecule has 49 heavy (non-hydrogen) atoms. The maximum absolute atomic E-state index is 12.6. The topological polar surface area (TPSA) is 54.0 Å². The van der Waals surface area contributed by atoms with Gasteiger partial charge in [0.05, 0.1) is 35.7 Å². The number of thioether (sulfide) groups is 6. The van der Waals surface area contributed by atoms with E-state index in [2.05, 4.69) is 79.3 Å². The summed E-state index contributed by atoms with van der Waals surface area (Å²) in [5, 5.41) is 9.23. The van der Waals surface area contributed by atoms with Crippen molar-refractivity contribution in [3.05, 3.63) is 112 Å². The average molecular weight is 763 g/mol. The van der Waals surface area contributed by atoms with Crippen LogP contribution in [0.15, 0.2) is 107 Å². The van der Waals surface area contributed by atoms with E-state index in [9.17, 15) is 4.79 Å². The quantitative estimate of drug-likeness (QED) is 0.0600. The summed E-state index contributed by atoms with van der Waals surface area (Å²) in [5.41, 5.74) is 1.47. The molecule has 0 bridgehead atoms. The SMILES string of the molecule is CC1(C)COB(c2ccc(C(=O)OCCCSC3=CS/C(=C4/SC=C(SCCOc5c6ccccc6cc6ccccc56)S4)S3)cc2)OC1. The molecule has 0 aromatic heterocycles. The normalized spacial score (nSPS) is 18.9. The molecule has 4 aromatic rings. The third kappa shape index (κ3) is 9.08. The Bertz CT molecular complexity index is 1860. The number of rotatable bonds is 12. The van der Waals surface area contributed by atoms with Gasteiger partial charge in [-0.3, -0.25) is 0 Å². The van der Waals surface area contributed by atoms with Crippen LogP contribution in [0.25, 0.3) is 21.5 Å². The Balaban J connectivity index is 0.796. The Morgan fingerprint density at radius 1 is 0.796 bits per heavy atom. The summed E-state index contributed by atoms with van der Waals surface area (Å²) in [6, 6.07) is 26.5. The van der Waals surface area contributed by atoms with Crippen LogP contribution in [-0.4, -0.2) is 51.0 Å². The molecule has 1 fully saturated rings. The van der Waals surface area contributed by atoms with E-state index in [1.165, 1.54) is 27.7 Å². The van der Waals surface area contributed by atoms with E-state index >= 15 is 0 Å². The van der Waals surface area contributed by atoms with Crippen LogP contribution in [0.5, 0.6) is 5.75 Å². The standard InChI is InChI=1S/C37H35BO5S6/c1-37(2)23-42-38(43-24-37)28-14-12-25(13-15-28)34(39)41-16-7-18-44-31-21-46-35(48-31)36-47-22-32(49-36)45-19-17-40-33-29-10-5-3-8-26(29)20-27-9-4-6-11-30(27)33/h3-6,8-15,20-22H,7,16-19,23-24H2,1-2H3/b36-35+. The lowest BCUT2D eigenvalue weighted by Gasteiger charge is -2.33. The molecule has 5 nitrogen and oxygen atoms in total. The lowest BCUT2D eigenvalue weighted by Crippen LogP contribution is -2.47. The fraction of sp³-hybridized carbons (Fsp3) is 0.270. The van der Waals surface area contributed by atoms with Crippen LogP contribution < -0.4 is 10.2 Å². The zero-order valence-corrected chi connectivity index (χ0v) is 32.1. The predicted molar refractivity (Wildman–Crippen MR) is 218 cm³/mol. The Morgan fingerprint density at radius 3 is 2.02 bits per heavy atom. The summed E-state index contributed by atoms with van der Waals surface area (Å²) in [6.45, 7) is 6.57. The van der Waals surface area contributed by atoms with Crippen molar-refractivity contribution in [3.8, 4) is 5.75 Å². The maximum atomic E-state index is 12.6. The van der Waals surface area contributed by atoms with E-state index in [0.717, 1.165) is 39.9 Å². The zero-order chi connectivity index (χ0) is 33.6. The highest BCUT2D eigenvalue weighted by atomic mass is 32.2. The number of hydrogen-bond acceptors (Lipinski definition) is 11. The second-order valence-electron chi connectivity index (χ2n) is 12.3. The van der Waals surface area contributed by atoms with E-state index < -0.39 is 0 Å². The van der Waals surface area contributed by atoms with Gasteiger partial charge in [0, 0.05) is 40.9 Å². The molecule has 3 heterocycles. The zero-order valence-electron chi connectivity index (χ0n) is 27.2. The molecule has 252 valence electrons. The Kier molecular flexibility index (Phi) is 11.9. The summed E-state index contributed by atoms with van der Waals surface area (Å²) in [7, 11) is -0.385. The van der Waals surface area contributed by atoms with Crippen LogP contribution >= 0.6 is 70.6 Å². The van der Waals surface area contributed by atoms with Crippen molar-refractivity contribution in [2.75, 3.05) is 37.9 Å². The van der Waals surface area contributed by atoms with Crippen molar-refractivity contribution in [1.29, 1.82) is 0 Å². The smallest absolute Gasteiger partial charge is 0.491 e. The molecule has 0 unspecified atom stereocenters. The minimum Gasteiger partial charge on any atom is -0.491 e. The molecule has 0 aliphatic carbocycles. The van der Waals surface area contributed by atoms with E-state index in [0.29, 0.717) is 32.0 Å². The monoisotopic (exact) mass is 762 g/mol. The highest BCUT2D eigenvalue weighted by Crippen LogP contribution is 2.58. The summed E-state index contributed by atoms with van der Waals surface area (Å²) >= 11 is 11.0. The van der Waals surface area contributed by atoms with Crippen molar-refractivity contribution in [3.63, 3.8) is 0 Å². The van der Waals surface area contributed by atoms with E-state index in [1.807, 2.05) is 70.9 Å². The molecular weight excluding hydrogens is 728 g/mol. The van der Waals surface area contributed by atoms with Gasteiger partial charge in [0.15, 0.2) is 0 Å². The fourth-order valence-electron chi connectivity index (χ4n) is 5.34. The molecule has 1 saturated heterocycles. The molecular formula is C37H35BO5S6. The number of carbonyl (C=O) groups excluding carboxylic acids is 1. The largest absolute Gasteiger partial charge is 0.493 e. The highest BCUT2D eigenvalue weighted by molar-refractivity contribution is 8.40. The van der Waals surface area contributed by atoms with E-state index in [1.54, 1.807) is 23.9 Å². The van der Waals surface area contributed by atoms with Gasteiger partial charge in [-0.15, -0.1) is 23.5 Å². The number of fused-ring (bicyclic) bond motifs is 2. The van der Waals surface area contributed by atoms with Crippen molar-refractivity contribution >= 4 is 111 Å². The summed E-state index contributed by atoms with van der Waals surface area (Å²) < 4.78 is 28.9. The van der Waals surface area contributed by atoms with Crippen molar-refractivity contribution in [2.45, 2.75) is 20.3 Å². The van der Waals surface area contributed by atoms with Crippen molar-refractivity contribution < 1.29 is 23.6 Å². The number of ether oxygens (including phenoxy) is 2. The lowest BCUT2D eigenvalue weighted by molar-refractivity contribution is 0.0343. The first kappa shape index (κ1) is 35.4. The van der Waals surface area contributed by atoms with Crippen molar-refractivity contribution in [2.24, 2.45) is 5.41 Å². The first-order chi connectivity index (χ1) is 23.9. The van der Waals surface area contributed by atoms with Gasteiger partial charge in [0.25, 0.3) is 0 Å². The minimum atomic E-state index is -0.385. The highest BCUT2D eigenvalue weighted by Gasteiger charge is 2.33. The van der Waals surface area contributed by atoms with Gasteiger partial charge in [-0.25, -0.2) is 4.79 Å². The van der Waals surface area contributed by atoms with Crippen LogP contribution in [-0.2, 0) is 14.0 Å². The average Bonchev–Trinajstić information content (AvgIpc) is 3.80. The predicted octanol–water partition coefficient (Wildman–Crippen LogP) is 10.5. The second-order valence-corrected chi connectivity index (χ2v) is 19.5. The third-order valence-corrected chi connectivity index (χ3v) is 15.8. The fourth-order valence-corrected chi connectivity index (χ4v) is 12.9. The Labute approximate surface area is 313 Å². The van der Waals surface area contributed by atoms with Crippen LogP contribution in [0, 0.1) is 5.41 Å². The lowest BCUT2D eigenvalue weighted by atomic mass is 9.76. The molecule has 0 radical (unpaired) electrons. The number of benzene rings is 4. The molecule has 0 N–H and O–H groups in total. The second kappa shape index (κ2) is 16.5. The number of carbonyl (C=O) groups is 1. The van der Waals surface area contributed by atoms with Gasteiger partial charge in [0.1, 0.15) is 5.75 Å². The Hall–Kier alpha value is -2.03. The minimum absolute atomic E-state index is 0.0201. The maximum Gasteiger partial charge on any atom is 0.493 e. The van der Waals surface area contributed by atoms with Crippen LogP contribution in [0.4, 0.5) is 0 Å². The molecule has 12 heteroatoms. The van der Waals surface area contributed by atoms with Crippen LogP contribution in [0.1, 0.15) is 30.6 Å².